The van der Waals surface area contributed by atoms with Crippen molar-refractivity contribution in [3.63, 3.8) is 0 Å². The molecule has 3 rings (SSSR count). The Bertz CT molecular complexity index is 544. The van der Waals surface area contributed by atoms with Crippen molar-refractivity contribution in [1.29, 1.82) is 0 Å². The van der Waals surface area contributed by atoms with Crippen molar-refractivity contribution in [3.05, 3.63) is 5.69 Å². The maximum Gasteiger partial charge on any atom is 0.278 e. The first-order valence-corrected chi connectivity index (χ1v) is 8.20. The van der Waals surface area contributed by atoms with Gasteiger partial charge in [0.25, 0.3) is 5.91 Å². The number of likely N-dealkylation sites (tertiary alicyclic amines) is 1. The van der Waals surface area contributed by atoms with Crippen LogP contribution in [0, 0.1) is 11.8 Å². The molecule has 22 heavy (non-hydrogen) atoms. The normalized spacial score (nSPS) is 24.1. The monoisotopic (exact) mass is 305 g/mol. The highest BCUT2D eigenvalue weighted by Crippen LogP contribution is 2.37. The number of H-pyrrole nitrogens is 1. The van der Waals surface area contributed by atoms with Crippen LogP contribution >= 0.6 is 0 Å². The molecule has 2 aliphatic rings. The summed E-state index contributed by atoms with van der Waals surface area (Å²) in [6.45, 7) is 3.67. The molecule has 7 nitrogen and oxygen atoms in total. The predicted molar refractivity (Wildman–Crippen MR) is 81.3 cm³/mol. The van der Waals surface area contributed by atoms with E-state index in [9.17, 15) is 9.59 Å². The van der Waals surface area contributed by atoms with E-state index < -0.39 is 0 Å². The van der Waals surface area contributed by atoms with E-state index in [0.29, 0.717) is 5.92 Å². The van der Waals surface area contributed by atoms with Gasteiger partial charge in [-0.05, 0) is 31.6 Å². The number of carbonyl (C=O) groups is 2. The lowest BCUT2D eigenvalue weighted by atomic mass is 9.72. The highest BCUT2D eigenvalue weighted by Gasteiger charge is 2.35. The Morgan fingerprint density at radius 2 is 2.00 bits per heavy atom. The Morgan fingerprint density at radius 3 is 2.68 bits per heavy atom. The molecule has 0 radical (unpaired) electrons. The van der Waals surface area contributed by atoms with E-state index in [1.54, 1.807) is 4.90 Å². The molecule has 0 bridgehead atoms. The van der Waals surface area contributed by atoms with Crippen LogP contribution in [-0.4, -0.2) is 45.2 Å². The Labute approximate surface area is 129 Å². The largest absolute Gasteiger partial charge is 0.337 e. The standard InChI is InChI=1S/C15H23N5O2/c1-2-5-10-8-11(9-10)14(21)16-13-12(17-19-18-13)15(22)20-6-3-4-7-20/h10-11H,2-9H2,1H3,(H2,16,17,18,19,21). The molecule has 1 aliphatic heterocycles. The Morgan fingerprint density at radius 1 is 1.27 bits per heavy atom. The summed E-state index contributed by atoms with van der Waals surface area (Å²) in [7, 11) is 0. The van der Waals surface area contributed by atoms with E-state index in [2.05, 4.69) is 27.7 Å². The van der Waals surface area contributed by atoms with Crippen molar-refractivity contribution in [2.45, 2.75) is 45.4 Å². The predicted octanol–water partition coefficient (Wildman–Crippen LogP) is 1.81. The number of aromatic amines is 1. The molecule has 0 atom stereocenters. The van der Waals surface area contributed by atoms with Crippen LogP contribution in [0.5, 0.6) is 0 Å². The number of hydrogen-bond acceptors (Lipinski definition) is 4. The zero-order valence-electron chi connectivity index (χ0n) is 13.0. The maximum absolute atomic E-state index is 12.4. The van der Waals surface area contributed by atoms with Gasteiger partial charge in [-0.25, -0.2) is 0 Å². The Balaban J connectivity index is 1.58. The van der Waals surface area contributed by atoms with Crippen LogP contribution in [0.1, 0.15) is 55.9 Å². The topological polar surface area (TPSA) is 91.0 Å². The lowest BCUT2D eigenvalue weighted by Crippen LogP contribution is -2.35. The van der Waals surface area contributed by atoms with Crippen molar-refractivity contribution in [2.24, 2.45) is 11.8 Å². The van der Waals surface area contributed by atoms with Gasteiger partial charge in [-0.1, -0.05) is 19.8 Å². The van der Waals surface area contributed by atoms with Gasteiger partial charge in [-0.3, -0.25) is 9.59 Å². The second-order valence-electron chi connectivity index (χ2n) is 6.33. The molecule has 2 heterocycles. The summed E-state index contributed by atoms with van der Waals surface area (Å²) >= 11 is 0. The van der Waals surface area contributed by atoms with Gasteiger partial charge in [0.2, 0.25) is 5.91 Å². The molecule has 7 heteroatoms. The highest BCUT2D eigenvalue weighted by molar-refractivity contribution is 6.01. The van der Waals surface area contributed by atoms with Crippen LogP contribution in [0.3, 0.4) is 0 Å². The molecule has 2 N–H and O–H groups in total. The first kappa shape index (κ1) is 15.0. The molecule has 0 unspecified atom stereocenters. The fourth-order valence-electron chi connectivity index (χ4n) is 3.35. The molecule has 1 saturated heterocycles. The van der Waals surface area contributed by atoms with Gasteiger partial charge in [-0.2, -0.15) is 5.21 Å². The number of nitrogens with one attached hydrogen (secondary N) is 2. The Kier molecular flexibility index (Phi) is 4.40. The van der Waals surface area contributed by atoms with Crippen LogP contribution < -0.4 is 5.32 Å². The number of nitrogens with zero attached hydrogens (tertiary/aromatic N) is 3. The summed E-state index contributed by atoms with van der Waals surface area (Å²) in [4.78, 5) is 26.3. The minimum atomic E-state index is -0.154. The number of hydrogen-bond donors (Lipinski definition) is 2. The first-order valence-electron chi connectivity index (χ1n) is 8.20. The quantitative estimate of drug-likeness (QED) is 0.868. The second kappa shape index (κ2) is 6.46. The lowest BCUT2D eigenvalue weighted by molar-refractivity contribution is -0.123. The average Bonchev–Trinajstić information content (AvgIpc) is 3.12. The van der Waals surface area contributed by atoms with E-state index >= 15 is 0 Å². The minimum Gasteiger partial charge on any atom is -0.337 e. The van der Waals surface area contributed by atoms with Gasteiger partial charge in [0, 0.05) is 19.0 Å². The second-order valence-corrected chi connectivity index (χ2v) is 6.33. The minimum absolute atomic E-state index is 0.0444. The van der Waals surface area contributed by atoms with Crippen molar-refractivity contribution in [1.82, 2.24) is 20.3 Å². The molecule has 0 spiro atoms. The smallest absolute Gasteiger partial charge is 0.278 e. The third-order valence-electron chi connectivity index (χ3n) is 4.69. The summed E-state index contributed by atoms with van der Waals surface area (Å²) in [6.07, 6.45) is 6.27. The van der Waals surface area contributed by atoms with Crippen LogP contribution in [0.2, 0.25) is 0 Å². The van der Waals surface area contributed by atoms with Gasteiger partial charge in [-0.15, -0.1) is 10.2 Å². The van der Waals surface area contributed by atoms with Crippen LogP contribution in [0.25, 0.3) is 0 Å². The lowest BCUT2D eigenvalue weighted by Gasteiger charge is -2.33. The molecule has 2 amide bonds. The van der Waals surface area contributed by atoms with Crippen LogP contribution in [0.15, 0.2) is 0 Å². The zero-order valence-corrected chi connectivity index (χ0v) is 13.0. The summed E-state index contributed by atoms with van der Waals surface area (Å²) < 4.78 is 0. The van der Waals surface area contributed by atoms with Crippen molar-refractivity contribution in [2.75, 3.05) is 18.4 Å². The fourth-order valence-corrected chi connectivity index (χ4v) is 3.35. The number of amides is 2. The number of carbonyl (C=O) groups excluding carboxylic acids is 2. The van der Waals surface area contributed by atoms with Gasteiger partial charge in [0.1, 0.15) is 0 Å². The van der Waals surface area contributed by atoms with Gasteiger partial charge >= 0.3 is 0 Å². The van der Waals surface area contributed by atoms with Crippen LogP contribution in [0.4, 0.5) is 5.82 Å². The summed E-state index contributed by atoms with van der Waals surface area (Å²) in [5.41, 5.74) is 0.222. The van der Waals surface area contributed by atoms with E-state index in [0.717, 1.165) is 45.2 Å². The third-order valence-corrected chi connectivity index (χ3v) is 4.69. The molecule has 2 fully saturated rings. The molecule has 1 aliphatic carbocycles. The molecule has 0 aromatic carbocycles. The fraction of sp³-hybridized carbons (Fsp3) is 0.733. The zero-order chi connectivity index (χ0) is 15.5. The Hall–Kier alpha value is -1.92. The highest BCUT2D eigenvalue weighted by atomic mass is 16.2. The summed E-state index contributed by atoms with van der Waals surface area (Å²) in [6, 6.07) is 0. The first-order chi connectivity index (χ1) is 10.7. The maximum atomic E-state index is 12.4. The number of anilines is 1. The number of rotatable bonds is 5. The molecule has 1 aromatic heterocycles. The van der Waals surface area contributed by atoms with Gasteiger partial charge in [0.05, 0.1) is 0 Å². The van der Waals surface area contributed by atoms with Crippen LogP contribution in [-0.2, 0) is 4.79 Å². The van der Waals surface area contributed by atoms with E-state index in [1.165, 1.54) is 6.42 Å². The molecular weight excluding hydrogens is 282 g/mol. The van der Waals surface area contributed by atoms with E-state index in [-0.39, 0.29) is 29.2 Å². The summed E-state index contributed by atoms with van der Waals surface area (Å²) in [5.74, 6) is 0.781. The van der Waals surface area contributed by atoms with Gasteiger partial charge in [0.15, 0.2) is 11.5 Å². The third kappa shape index (κ3) is 2.98. The van der Waals surface area contributed by atoms with Crippen molar-refractivity contribution >= 4 is 17.6 Å². The number of aromatic nitrogens is 3. The van der Waals surface area contributed by atoms with E-state index in [4.69, 9.17) is 0 Å². The molecule has 1 saturated carbocycles. The molecular formula is C15H23N5O2. The van der Waals surface area contributed by atoms with E-state index in [1.807, 2.05) is 0 Å². The molecule has 120 valence electrons. The van der Waals surface area contributed by atoms with Gasteiger partial charge < -0.3 is 10.2 Å². The summed E-state index contributed by atoms with van der Waals surface area (Å²) in [5, 5.41) is 13.1. The average molecular weight is 305 g/mol. The molecule has 1 aromatic rings. The SMILES string of the molecule is CCCC1CC(C(=O)Nc2n[nH]nc2C(=O)N2CCCC2)C1. The van der Waals surface area contributed by atoms with Crippen molar-refractivity contribution in [3.8, 4) is 0 Å². The van der Waals surface area contributed by atoms with Crippen molar-refractivity contribution < 1.29 is 9.59 Å².